The van der Waals surface area contributed by atoms with E-state index < -0.39 is 0 Å². The zero-order valence-corrected chi connectivity index (χ0v) is 17.2. The van der Waals surface area contributed by atoms with Gasteiger partial charge in [0.25, 0.3) is 5.91 Å². The first-order valence-electron chi connectivity index (χ1n) is 10.5. The van der Waals surface area contributed by atoms with E-state index in [2.05, 4.69) is 71.0 Å². The van der Waals surface area contributed by atoms with Crippen molar-refractivity contribution < 1.29 is 4.79 Å². The molecule has 30 heavy (non-hydrogen) atoms. The molecule has 5 heteroatoms. The van der Waals surface area contributed by atoms with E-state index in [1.54, 1.807) is 6.07 Å². The van der Waals surface area contributed by atoms with Crippen molar-refractivity contribution in [2.24, 2.45) is 0 Å². The van der Waals surface area contributed by atoms with Gasteiger partial charge >= 0.3 is 0 Å². The Labute approximate surface area is 176 Å². The molecule has 0 fully saturated rings. The lowest BCUT2D eigenvalue weighted by Crippen LogP contribution is -2.26. The monoisotopic (exact) mass is 398 g/mol. The van der Waals surface area contributed by atoms with Crippen molar-refractivity contribution in [3.8, 4) is 0 Å². The second-order valence-corrected chi connectivity index (χ2v) is 7.40. The number of nitrogens with one attached hydrogen (secondary N) is 1. The first-order valence-corrected chi connectivity index (χ1v) is 10.5. The van der Waals surface area contributed by atoms with Crippen LogP contribution in [0.2, 0.25) is 0 Å². The lowest BCUT2D eigenvalue weighted by Gasteiger charge is -2.18. The van der Waals surface area contributed by atoms with Crippen molar-refractivity contribution in [1.29, 1.82) is 0 Å². The summed E-state index contributed by atoms with van der Waals surface area (Å²) in [6, 6.07) is 24.6. The Morgan fingerprint density at radius 2 is 1.60 bits per heavy atom. The molecule has 5 nitrogen and oxygen atoms in total. The number of hydrogen-bond donors (Lipinski definition) is 1. The molecular formula is C25H26N4O. The predicted octanol–water partition coefficient (Wildman–Crippen LogP) is 4.63. The van der Waals surface area contributed by atoms with Crippen molar-refractivity contribution in [2.75, 3.05) is 6.54 Å². The number of benzene rings is 2. The molecule has 0 saturated heterocycles. The number of fused-ring (bicyclic) bond motifs is 1. The third-order valence-corrected chi connectivity index (χ3v) is 5.35. The molecule has 0 aliphatic heterocycles. The second-order valence-electron chi connectivity index (χ2n) is 7.40. The predicted molar refractivity (Wildman–Crippen MR) is 119 cm³/mol. The van der Waals surface area contributed by atoms with Crippen LogP contribution in [-0.2, 0) is 6.42 Å². The number of pyridine rings is 1. The second kappa shape index (κ2) is 9.35. The maximum absolute atomic E-state index is 12.9. The number of carbonyl (C=O) groups excluding carboxylic acids is 1. The van der Waals surface area contributed by atoms with Gasteiger partial charge in [0.2, 0.25) is 0 Å². The molecule has 0 aliphatic carbocycles. The molecule has 0 saturated carbocycles. The summed E-state index contributed by atoms with van der Waals surface area (Å²) in [4.78, 5) is 12.9. The van der Waals surface area contributed by atoms with Gasteiger partial charge in [0, 0.05) is 25.1 Å². The zero-order chi connectivity index (χ0) is 20.8. The summed E-state index contributed by atoms with van der Waals surface area (Å²) < 4.78 is 1.91. The summed E-state index contributed by atoms with van der Waals surface area (Å²) in [5.41, 5.74) is 3.67. The normalized spacial score (nSPS) is 11.1. The third kappa shape index (κ3) is 4.25. The number of carbonyl (C=O) groups is 1. The van der Waals surface area contributed by atoms with Crippen LogP contribution >= 0.6 is 0 Å². The molecular weight excluding hydrogens is 372 g/mol. The van der Waals surface area contributed by atoms with Crippen molar-refractivity contribution in [3.63, 3.8) is 0 Å². The third-order valence-electron chi connectivity index (χ3n) is 5.35. The van der Waals surface area contributed by atoms with Crippen molar-refractivity contribution in [3.05, 3.63) is 102 Å². The van der Waals surface area contributed by atoms with Gasteiger partial charge in [-0.15, -0.1) is 10.2 Å². The molecule has 0 aliphatic rings. The molecule has 2 aromatic heterocycles. The Kier molecular flexibility index (Phi) is 6.18. The minimum absolute atomic E-state index is 0.115. The minimum Gasteiger partial charge on any atom is -0.352 e. The molecule has 4 rings (SSSR count). The summed E-state index contributed by atoms with van der Waals surface area (Å²) >= 11 is 0. The van der Waals surface area contributed by atoms with Crippen molar-refractivity contribution >= 4 is 11.6 Å². The van der Waals surface area contributed by atoms with Gasteiger partial charge in [-0.1, -0.05) is 67.6 Å². The number of hydrogen-bond acceptors (Lipinski definition) is 3. The summed E-state index contributed by atoms with van der Waals surface area (Å²) in [5.74, 6) is 0.999. The van der Waals surface area contributed by atoms with Crippen LogP contribution in [0.4, 0.5) is 0 Å². The van der Waals surface area contributed by atoms with Crippen LogP contribution < -0.4 is 5.32 Å². The molecule has 1 N–H and O–H groups in total. The van der Waals surface area contributed by atoms with Gasteiger partial charge in [-0.05, 0) is 36.1 Å². The Hall–Kier alpha value is -3.47. The van der Waals surface area contributed by atoms with E-state index in [0.29, 0.717) is 17.8 Å². The Bertz CT molecular complexity index is 1070. The van der Waals surface area contributed by atoms with Gasteiger partial charge < -0.3 is 5.32 Å². The molecule has 0 unspecified atom stereocenters. The highest BCUT2D eigenvalue weighted by Gasteiger charge is 2.17. The molecule has 0 spiro atoms. The standard InChI is InChI=1S/C25H26N4O/c1-2-10-23-27-28-24-22(15-9-18-29(23)24)25(30)26-17-16-21(19-11-5-3-6-12-19)20-13-7-4-8-14-20/h3-9,11-15,18,21H,2,10,16-17H2,1H3,(H,26,30). The molecule has 152 valence electrons. The number of aromatic nitrogens is 3. The lowest BCUT2D eigenvalue weighted by molar-refractivity contribution is 0.0954. The number of rotatable bonds is 8. The van der Waals surface area contributed by atoms with Crippen molar-refractivity contribution in [1.82, 2.24) is 19.9 Å². The summed E-state index contributed by atoms with van der Waals surface area (Å²) in [6.45, 7) is 2.68. The van der Waals surface area contributed by atoms with E-state index in [1.807, 2.05) is 28.8 Å². The molecule has 2 aromatic carbocycles. The number of nitrogens with zero attached hydrogens (tertiary/aromatic N) is 3. The molecule has 0 atom stereocenters. The number of amides is 1. The van der Waals surface area contributed by atoms with Crippen LogP contribution in [0.15, 0.2) is 79.0 Å². The maximum Gasteiger partial charge on any atom is 0.255 e. The van der Waals surface area contributed by atoms with Gasteiger partial charge in [-0.25, -0.2) is 0 Å². The fourth-order valence-electron chi connectivity index (χ4n) is 3.86. The molecule has 1 amide bonds. The Morgan fingerprint density at radius 1 is 0.933 bits per heavy atom. The summed E-state index contributed by atoms with van der Waals surface area (Å²) in [6.07, 6.45) is 4.55. The zero-order valence-electron chi connectivity index (χ0n) is 17.2. The molecule has 0 radical (unpaired) electrons. The molecule has 0 bridgehead atoms. The van der Waals surface area contributed by atoms with E-state index in [-0.39, 0.29) is 11.8 Å². The van der Waals surface area contributed by atoms with Crippen LogP contribution in [0.3, 0.4) is 0 Å². The fourth-order valence-corrected chi connectivity index (χ4v) is 3.86. The van der Waals surface area contributed by atoms with E-state index in [9.17, 15) is 4.79 Å². The van der Waals surface area contributed by atoms with Crippen molar-refractivity contribution in [2.45, 2.75) is 32.1 Å². The fraction of sp³-hybridized carbons (Fsp3) is 0.240. The minimum atomic E-state index is -0.115. The average molecular weight is 399 g/mol. The lowest BCUT2D eigenvalue weighted by atomic mass is 9.88. The van der Waals surface area contributed by atoms with Crippen LogP contribution in [-0.4, -0.2) is 27.0 Å². The van der Waals surface area contributed by atoms with Gasteiger partial charge in [0.1, 0.15) is 5.82 Å². The number of aryl methyl sites for hydroxylation is 1. The highest BCUT2D eigenvalue weighted by molar-refractivity contribution is 5.99. The average Bonchev–Trinajstić information content (AvgIpc) is 3.21. The van der Waals surface area contributed by atoms with Crippen LogP contribution in [0.25, 0.3) is 5.65 Å². The Morgan fingerprint density at radius 3 is 2.23 bits per heavy atom. The van der Waals surface area contributed by atoms with Gasteiger partial charge in [0.15, 0.2) is 5.65 Å². The molecule has 2 heterocycles. The first-order chi connectivity index (χ1) is 14.8. The maximum atomic E-state index is 12.9. The van der Waals surface area contributed by atoms with Gasteiger partial charge in [-0.3, -0.25) is 9.20 Å². The highest BCUT2D eigenvalue weighted by atomic mass is 16.1. The van der Waals surface area contributed by atoms with E-state index >= 15 is 0 Å². The SMILES string of the molecule is CCCc1nnc2c(C(=O)NCCC(c3ccccc3)c3ccccc3)cccn12. The molecule has 4 aromatic rings. The first kappa shape index (κ1) is 19.8. The van der Waals surface area contributed by atoms with E-state index in [0.717, 1.165) is 25.1 Å². The van der Waals surface area contributed by atoms with Crippen LogP contribution in [0.1, 0.15) is 53.0 Å². The topological polar surface area (TPSA) is 59.3 Å². The van der Waals surface area contributed by atoms with Crippen LogP contribution in [0.5, 0.6) is 0 Å². The van der Waals surface area contributed by atoms with Gasteiger partial charge in [0.05, 0.1) is 5.56 Å². The summed E-state index contributed by atoms with van der Waals surface area (Å²) in [7, 11) is 0. The van der Waals surface area contributed by atoms with Crippen LogP contribution in [0, 0.1) is 0 Å². The van der Waals surface area contributed by atoms with E-state index in [1.165, 1.54) is 11.1 Å². The smallest absolute Gasteiger partial charge is 0.255 e. The largest absolute Gasteiger partial charge is 0.352 e. The highest BCUT2D eigenvalue weighted by Crippen LogP contribution is 2.27. The quantitative estimate of drug-likeness (QED) is 0.471. The van der Waals surface area contributed by atoms with Gasteiger partial charge in [-0.2, -0.15) is 0 Å². The van der Waals surface area contributed by atoms with E-state index in [4.69, 9.17) is 0 Å². The Balaban J connectivity index is 1.49. The summed E-state index contributed by atoms with van der Waals surface area (Å²) in [5, 5.41) is 11.6.